The van der Waals surface area contributed by atoms with Gasteiger partial charge in [-0.15, -0.1) is 0 Å². The Bertz CT molecular complexity index is 1600. The summed E-state index contributed by atoms with van der Waals surface area (Å²) in [5, 5.41) is 6.49. The molecule has 0 radical (unpaired) electrons. The van der Waals surface area contributed by atoms with Crippen LogP contribution < -0.4 is 29.6 Å². The first-order valence-electron chi connectivity index (χ1n) is 14.3. The lowest BCUT2D eigenvalue weighted by Gasteiger charge is -2.32. The number of ether oxygens (including phenoxy) is 4. The van der Waals surface area contributed by atoms with E-state index in [1.807, 2.05) is 49.1 Å². The number of piperidine rings is 1. The Balaban J connectivity index is 1.20. The van der Waals surface area contributed by atoms with Gasteiger partial charge in [-0.05, 0) is 55.0 Å². The summed E-state index contributed by atoms with van der Waals surface area (Å²) in [6, 6.07) is 17.8. The summed E-state index contributed by atoms with van der Waals surface area (Å²) in [5.41, 5.74) is 2.80. The molecule has 4 aromatic rings. The first-order chi connectivity index (χ1) is 20.9. The lowest BCUT2D eigenvalue weighted by molar-refractivity contribution is -0.132. The second-order valence-corrected chi connectivity index (χ2v) is 10.3. The number of anilines is 2. The van der Waals surface area contributed by atoms with Crippen LogP contribution in [0.15, 0.2) is 66.9 Å². The van der Waals surface area contributed by atoms with Crippen LogP contribution in [0.2, 0.25) is 0 Å². The van der Waals surface area contributed by atoms with Gasteiger partial charge in [-0.25, -0.2) is 4.79 Å². The molecule has 10 nitrogen and oxygen atoms in total. The summed E-state index contributed by atoms with van der Waals surface area (Å²) in [6.45, 7) is 5.25. The fraction of sp³-hybridized carbons (Fsp3) is 0.303. The Morgan fingerprint density at radius 3 is 2.23 bits per heavy atom. The molecule has 1 saturated heterocycles. The minimum Gasteiger partial charge on any atom is -0.493 e. The van der Waals surface area contributed by atoms with E-state index in [4.69, 9.17) is 18.9 Å². The lowest BCUT2D eigenvalue weighted by Crippen LogP contribution is -2.41. The number of pyridine rings is 1. The number of aryl methyl sites for hydroxylation is 1. The largest absolute Gasteiger partial charge is 0.493 e. The standard InChI is InChI=1S/C33H36N4O6/c1-5-32(38)37-16-13-25(14-17-37)42-24-10-8-22(9-11-24)35-33(39)36-23-7-6-21(2)29(18-23)43-28-12-15-34-27-20-31(41-4)30(40-3)19-26(27)28/h6-12,15,18-20,25H,5,13-14,16-17H2,1-4H3,(H2,35,36,39). The number of rotatable bonds is 9. The monoisotopic (exact) mass is 584 g/mol. The van der Waals surface area contributed by atoms with E-state index in [0.717, 1.165) is 29.5 Å². The van der Waals surface area contributed by atoms with Crippen LogP contribution in [-0.2, 0) is 4.79 Å². The number of amides is 3. The number of nitrogens with one attached hydrogen (secondary N) is 2. The van der Waals surface area contributed by atoms with Gasteiger partial charge in [0.25, 0.3) is 0 Å². The number of hydrogen-bond acceptors (Lipinski definition) is 7. The molecule has 0 unspecified atom stereocenters. The molecule has 1 fully saturated rings. The lowest BCUT2D eigenvalue weighted by atomic mass is 10.1. The molecule has 5 rings (SSSR count). The smallest absolute Gasteiger partial charge is 0.323 e. The van der Waals surface area contributed by atoms with Crippen LogP contribution in [0.1, 0.15) is 31.7 Å². The van der Waals surface area contributed by atoms with Gasteiger partial charge in [-0.3, -0.25) is 9.78 Å². The molecule has 1 aliphatic rings. The molecule has 3 amide bonds. The number of urea groups is 1. The number of benzene rings is 3. The van der Waals surface area contributed by atoms with E-state index in [0.29, 0.717) is 59.4 Å². The molecular weight excluding hydrogens is 548 g/mol. The van der Waals surface area contributed by atoms with Gasteiger partial charge in [0.1, 0.15) is 23.4 Å². The highest BCUT2D eigenvalue weighted by atomic mass is 16.5. The van der Waals surface area contributed by atoms with E-state index >= 15 is 0 Å². The summed E-state index contributed by atoms with van der Waals surface area (Å²) < 4.78 is 23.2. The SMILES string of the molecule is CCC(=O)N1CCC(Oc2ccc(NC(=O)Nc3ccc(C)c(Oc4ccnc5cc(OC)c(OC)cc45)c3)cc2)CC1. The molecule has 10 heteroatoms. The Labute approximate surface area is 250 Å². The number of methoxy groups -OCH3 is 2. The third kappa shape index (κ3) is 7.09. The van der Waals surface area contributed by atoms with Gasteiger partial charge in [0, 0.05) is 67.4 Å². The molecule has 43 heavy (non-hydrogen) atoms. The van der Waals surface area contributed by atoms with Crippen molar-refractivity contribution in [3.05, 3.63) is 72.4 Å². The van der Waals surface area contributed by atoms with Crippen LogP contribution in [0.4, 0.5) is 16.2 Å². The van der Waals surface area contributed by atoms with Crippen molar-refractivity contribution in [3.63, 3.8) is 0 Å². The fourth-order valence-corrected chi connectivity index (χ4v) is 4.99. The second-order valence-electron chi connectivity index (χ2n) is 10.3. The fourth-order valence-electron chi connectivity index (χ4n) is 4.99. The Kier molecular flexibility index (Phi) is 9.14. The van der Waals surface area contributed by atoms with Crippen LogP contribution >= 0.6 is 0 Å². The minimum absolute atomic E-state index is 0.0657. The van der Waals surface area contributed by atoms with Crippen molar-refractivity contribution in [1.82, 2.24) is 9.88 Å². The van der Waals surface area contributed by atoms with Crippen molar-refractivity contribution in [2.24, 2.45) is 0 Å². The maximum atomic E-state index is 12.8. The van der Waals surface area contributed by atoms with Crippen molar-refractivity contribution < 1.29 is 28.5 Å². The highest BCUT2D eigenvalue weighted by molar-refractivity contribution is 6.00. The van der Waals surface area contributed by atoms with E-state index in [-0.39, 0.29) is 18.0 Å². The average molecular weight is 585 g/mol. The molecule has 0 saturated carbocycles. The average Bonchev–Trinajstić information content (AvgIpc) is 3.03. The molecule has 3 aromatic carbocycles. The maximum Gasteiger partial charge on any atom is 0.323 e. The van der Waals surface area contributed by atoms with Gasteiger partial charge in [-0.2, -0.15) is 0 Å². The van der Waals surface area contributed by atoms with Gasteiger partial charge in [0.05, 0.1) is 19.7 Å². The number of nitrogens with zero attached hydrogens (tertiary/aromatic N) is 2. The van der Waals surface area contributed by atoms with Crippen molar-refractivity contribution in [2.45, 2.75) is 39.2 Å². The van der Waals surface area contributed by atoms with Gasteiger partial charge in [-0.1, -0.05) is 13.0 Å². The molecular formula is C33H36N4O6. The predicted molar refractivity (Wildman–Crippen MR) is 166 cm³/mol. The second kappa shape index (κ2) is 13.3. The van der Waals surface area contributed by atoms with Crippen molar-refractivity contribution >= 4 is 34.2 Å². The van der Waals surface area contributed by atoms with Crippen LogP contribution in [0.25, 0.3) is 10.9 Å². The van der Waals surface area contributed by atoms with E-state index in [1.165, 1.54) is 0 Å². The van der Waals surface area contributed by atoms with Crippen LogP contribution in [0.5, 0.6) is 28.7 Å². The normalized spacial score (nSPS) is 13.3. The minimum atomic E-state index is -0.386. The first kappa shape index (κ1) is 29.5. The van der Waals surface area contributed by atoms with Crippen molar-refractivity contribution in [3.8, 4) is 28.7 Å². The van der Waals surface area contributed by atoms with E-state index < -0.39 is 0 Å². The topological polar surface area (TPSA) is 111 Å². The zero-order valence-corrected chi connectivity index (χ0v) is 24.8. The number of carbonyl (C=O) groups excluding carboxylic acids is 2. The molecule has 0 bridgehead atoms. The summed E-state index contributed by atoms with van der Waals surface area (Å²) in [7, 11) is 3.16. The quantitative estimate of drug-likeness (QED) is 0.223. The Hall–Kier alpha value is -4.99. The molecule has 224 valence electrons. The summed E-state index contributed by atoms with van der Waals surface area (Å²) >= 11 is 0. The van der Waals surface area contributed by atoms with Crippen LogP contribution in [0.3, 0.4) is 0 Å². The van der Waals surface area contributed by atoms with E-state index in [9.17, 15) is 9.59 Å². The van der Waals surface area contributed by atoms with Crippen LogP contribution in [-0.4, -0.2) is 55.2 Å². The molecule has 1 aromatic heterocycles. The zero-order chi connectivity index (χ0) is 30.3. The molecule has 0 aliphatic carbocycles. The highest BCUT2D eigenvalue weighted by Crippen LogP contribution is 2.38. The third-order valence-corrected chi connectivity index (χ3v) is 7.38. The van der Waals surface area contributed by atoms with E-state index in [2.05, 4.69) is 15.6 Å². The van der Waals surface area contributed by atoms with Crippen molar-refractivity contribution in [1.29, 1.82) is 0 Å². The molecule has 2 N–H and O–H groups in total. The number of carbonyl (C=O) groups is 2. The summed E-state index contributed by atoms with van der Waals surface area (Å²) in [5.74, 6) is 3.25. The van der Waals surface area contributed by atoms with Gasteiger partial charge < -0.3 is 34.5 Å². The Morgan fingerprint density at radius 2 is 1.53 bits per heavy atom. The summed E-state index contributed by atoms with van der Waals surface area (Å²) in [6.07, 6.45) is 3.87. The van der Waals surface area contributed by atoms with Gasteiger partial charge >= 0.3 is 6.03 Å². The molecule has 0 atom stereocenters. The molecule has 1 aliphatic heterocycles. The third-order valence-electron chi connectivity index (χ3n) is 7.38. The number of likely N-dealkylation sites (tertiary alicyclic amines) is 1. The Morgan fingerprint density at radius 1 is 0.860 bits per heavy atom. The van der Waals surface area contributed by atoms with Crippen LogP contribution in [0, 0.1) is 6.92 Å². The molecule has 2 heterocycles. The van der Waals surface area contributed by atoms with Gasteiger partial charge in [0.15, 0.2) is 11.5 Å². The van der Waals surface area contributed by atoms with E-state index in [1.54, 1.807) is 50.7 Å². The molecule has 0 spiro atoms. The zero-order valence-electron chi connectivity index (χ0n) is 24.8. The maximum absolute atomic E-state index is 12.8. The number of hydrogen-bond donors (Lipinski definition) is 2. The first-order valence-corrected chi connectivity index (χ1v) is 14.3. The highest BCUT2D eigenvalue weighted by Gasteiger charge is 2.23. The number of aromatic nitrogens is 1. The predicted octanol–water partition coefficient (Wildman–Crippen LogP) is 6.78. The van der Waals surface area contributed by atoms with Crippen molar-refractivity contribution in [2.75, 3.05) is 37.9 Å². The number of fused-ring (bicyclic) bond motifs is 1. The van der Waals surface area contributed by atoms with Gasteiger partial charge in [0.2, 0.25) is 5.91 Å². The summed E-state index contributed by atoms with van der Waals surface area (Å²) in [4.78, 5) is 31.0.